The normalized spacial score (nSPS) is 12.2. The zero-order valence-corrected chi connectivity index (χ0v) is 14.0. The smallest absolute Gasteiger partial charge is 0.269 e. The van der Waals surface area contributed by atoms with Crippen LogP contribution in [0.4, 0.5) is 0 Å². The van der Waals surface area contributed by atoms with E-state index >= 15 is 0 Å². The molecule has 1 aromatic carbocycles. The van der Waals surface area contributed by atoms with Crippen molar-refractivity contribution in [2.24, 2.45) is 0 Å². The number of aromatic nitrogens is 1. The molecule has 2 N–H and O–H groups in total. The van der Waals surface area contributed by atoms with E-state index in [2.05, 4.69) is 10.3 Å². The first-order chi connectivity index (χ1) is 11.3. The third-order valence-corrected chi connectivity index (χ3v) is 5.13. The predicted octanol–water partition coefficient (Wildman–Crippen LogP) is 1.26. The van der Waals surface area contributed by atoms with Crippen molar-refractivity contribution in [2.75, 3.05) is 7.05 Å². The van der Waals surface area contributed by atoms with Gasteiger partial charge in [0.15, 0.2) is 0 Å². The van der Waals surface area contributed by atoms with E-state index in [1.54, 1.807) is 30.3 Å². The number of carbonyl (C=O) groups excluding carboxylic acids is 2. The van der Waals surface area contributed by atoms with Crippen molar-refractivity contribution in [2.45, 2.75) is 12.2 Å². The van der Waals surface area contributed by atoms with Crippen LogP contribution >= 0.6 is 0 Å². The van der Waals surface area contributed by atoms with Crippen LogP contribution in [0.3, 0.4) is 0 Å². The van der Waals surface area contributed by atoms with Gasteiger partial charge in [0.05, 0.1) is 5.56 Å². The summed E-state index contributed by atoms with van der Waals surface area (Å²) < 4.78 is 26.7. The monoisotopic (exact) mass is 347 g/mol. The van der Waals surface area contributed by atoms with Gasteiger partial charge in [-0.25, -0.2) is 13.1 Å². The van der Waals surface area contributed by atoms with Gasteiger partial charge in [0.2, 0.25) is 10.0 Å². The minimum absolute atomic E-state index is 0.0477. The first-order valence-electron chi connectivity index (χ1n) is 7.14. The standard InChI is InChI=1S/C16H17N3O4S/c1-11(12-6-4-3-5-7-12)24(22,23)19-15(20)13-8-9-14(18-10-13)16(21)17-2/h3-11H,1-2H3,(H,17,21)(H,19,20). The van der Waals surface area contributed by atoms with E-state index in [1.165, 1.54) is 26.1 Å². The molecule has 0 aliphatic rings. The number of rotatable bonds is 5. The van der Waals surface area contributed by atoms with Crippen molar-refractivity contribution in [3.8, 4) is 0 Å². The number of nitrogens with one attached hydrogen (secondary N) is 2. The molecule has 0 saturated carbocycles. The lowest BCUT2D eigenvalue weighted by Gasteiger charge is -2.14. The van der Waals surface area contributed by atoms with Crippen molar-refractivity contribution in [1.29, 1.82) is 0 Å². The number of amides is 2. The van der Waals surface area contributed by atoms with E-state index in [-0.39, 0.29) is 11.3 Å². The minimum atomic E-state index is -3.90. The Labute approximate surface area is 140 Å². The summed E-state index contributed by atoms with van der Waals surface area (Å²) in [4.78, 5) is 27.4. The van der Waals surface area contributed by atoms with Gasteiger partial charge in [0, 0.05) is 13.2 Å². The second-order valence-corrected chi connectivity index (χ2v) is 7.04. The first-order valence-corrected chi connectivity index (χ1v) is 8.69. The van der Waals surface area contributed by atoms with Crippen LogP contribution in [0.25, 0.3) is 0 Å². The van der Waals surface area contributed by atoms with Gasteiger partial charge in [-0.05, 0) is 24.6 Å². The van der Waals surface area contributed by atoms with Crippen LogP contribution in [-0.2, 0) is 10.0 Å². The lowest BCUT2D eigenvalue weighted by Crippen LogP contribution is -2.33. The molecule has 1 atom stereocenters. The third-order valence-electron chi connectivity index (χ3n) is 3.45. The van der Waals surface area contributed by atoms with Crippen molar-refractivity contribution < 1.29 is 18.0 Å². The number of carbonyl (C=O) groups is 2. The average Bonchev–Trinajstić information content (AvgIpc) is 2.60. The Morgan fingerprint density at radius 3 is 2.25 bits per heavy atom. The third kappa shape index (κ3) is 3.96. The van der Waals surface area contributed by atoms with Crippen LogP contribution in [0.2, 0.25) is 0 Å². The molecule has 1 heterocycles. The maximum absolute atomic E-state index is 12.3. The van der Waals surface area contributed by atoms with E-state index < -0.39 is 27.1 Å². The summed E-state index contributed by atoms with van der Waals surface area (Å²) >= 11 is 0. The van der Waals surface area contributed by atoms with E-state index in [1.807, 2.05) is 4.72 Å². The molecule has 0 spiro atoms. The lowest BCUT2D eigenvalue weighted by molar-refractivity contribution is 0.0952. The molecule has 0 saturated heterocycles. The van der Waals surface area contributed by atoms with Crippen molar-refractivity contribution >= 4 is 21.8 Å². The maximum Gasteiger partial charge on any atom is 0.269 e. The molecule has 2 rings (SSSR count). The number of pyridine rings is 1. The van der Waals surface area contributed by atoms with E-state index in [4.69, 9.17) is 0 Å². The first kappa shape index (κ1) is 17.6. The van der Waals surface area contributed by atoms with Crippen LogP contribution in [0.15, 0.2) is 48.7 Å². The Morgan fingerprint density at radius 2 is 1.71 bits per heavy atom. The molecule has 0 fully saturated rings. The topological polar surface area (TPSA) is 105 Å². The highest BCUT2D eigenvalue weighted by atomic mass is 32.2. The number of benzene rings is 1. The second kappa shape index (κ2) is 7.22. The fraction of sp³-hybridized carbons (Fsp3) is 0.188. The Balaban J connectivity index is 2.15. The molecular formula is C16H17N3O4S. The van der Waals surface area contributed by atoms with Gasteiger partial charge in [-0.15, -0.1) is 0 Å². The SMILES string of the molecule is CNC(=O)c1ccc(C(=O)NS(=O)(=O)C(C)c2ccccc2)cn1. The molecule has 0 aliphatic carbocycles. The van der Waals surface area contributed by atoms with E-state index in [0.29, 0.717) is 5.56 Å². The van der Waals surface area contributed by atoms with Gasteiger partial charge in [-0.2, -0.15) is 0 Å². The average molecular weight is 347 g/mol. The van der Waals surface area contributed by atoms with Gasteiger partial charge < -0.3 is 5.32 Å². The number of sulfonamides is 1. The maximum atomic E-state index is 12.3. The van der Waals surface area contributed by atoms with Crippen molar-refractivity contribution in [3.05, 3.63) is 65.5 Å². The fourth-order valence-electron chi connectivity index (χ4n) is 1.97. The van der Waals surface area contributed by atoms with Crippen molar-refractivity contribution in [1.82, 2.24) is 15.0 Å². The summed E-state index contributed by atoms with van der Waals surface area (Å²) in [5.74, 6) is -1.19. The molecule has 1 aromatic heterocycles. The Hall–Kier alpha value is -2.74. The number of nitrogens with zero attached hydrogens (tertiary/aromatic N) is 1. The quantitative estimate of drug-likeness (QED) is 0.847. The molecule has 24 heavy (non-hydrogen) atoms. The summed E-state index contributed by atoms with van der Waals surface area (Å²) in [5, 5.41) is 1.52. The summed E-state index contributed by atoms with van der Waals surface area (Å²) in [7, 11) is -2.44. The molecule has 2 amide bonds. The molecule has 126 valence electrons. The van der Waals surface area contributed by atoms with Gasteiger partial charge >= 0.3 is 0 Å². The molecule has 8 heteroatoms. The van der Waals surface area contributed by atoms with Gasteiger partial charge in [-0.1, -0.05) is 30.3 Å². The summed E-state index contributed by atoms with van der Waals surface area (Å²) in [6.07, 6.45) is 1.16. The fourth-order valence-corrected chi connectivity index (χ4v) is 3.04. The molecule has 7 nitrogen and oxygen atoms in total. The Kier molecular flexibility index (Phi) is 5.30. The van der Waals surface area contributed by atoms with Gasteiger partial charge in [0.1, 0.15) is 10.9 Å². The Morgan fingerprint density at radius 1 is 1.04 bits per heavy atom. The second-order valence-electron chi connectivity index (χ2n) is 5.04. The summed E-state index contributed by atoms with van der Waals surface area (Å²) in [6.45, 7) is 1.50. The van der Waals surface area contributed by atoms with E-state index in [0.717, 1.165) is 6.20 Å². The lowest BCUT2D eigenvalue weighted by atomic mass is 10.2. The van der Waals surface area contributed by atoms with E-state index in [9.17, 15) is 18.0 Å². The number of hydrogen-bond donors (Lipinski definition) is 2. The molecule has 0 radical (unpaired) electrons. The van der Waals surface area contributed by atoms with Gasteiger partial charge in [-0.3, -0.25) is 14.6 Å². The van der Waals surface area contributed by atoms with Crippen LogP contribution in [-0.4, -0.2) is 32.3 Å². The molecule has 0 aliphatic heterocycles. The highest BCUT2D eigenvalue weighted by molar-refractivity contribution is 7.90. The highest BCUT2D eigenvalue weighted by Crippen LogP contribution is 2.20. The van der Waals surface area contributed by atoms with Crippen LogP contribution in [0.5, 0.6) is 0 Å². The largest absolute Gasteiger partial charge is 0.354 e. The zero-order valence-electron chi connectivity index (χ0n) is 13.2. The highest BCUT2D eigenvalue weighted by Gasteiger charge is 2.25. The molecular weight excluding hydrogens is 330 g/mol. The van der Waals surface area contributed by atoms with Crippen molar-refractivity contribution in [3.63, 3.8) is 0 Å². The molecule has 1 unspecified atom stereocenters. The number of hydrogen-bond acceptors (Lipinski definition) is 5. The Bertz CT molecular complexity index is 833. The van der Waals surface area contributed by atoms with Crippen LogP contribution in [0.1, 0.15) is 38.6 Å². The predicted molar refractivity (Wildman–Crippen MR) is 88.9 cm³/mol. The van der Waals surface area contributed by atoms with Crippen LogP contribution < -0.4 is 10.0 Å². The molecule has 0 bridgehead atoms. The summed E-state index contributed by atoms with van der Waals surface area (Å²) in [6, 6.07) is 11.3. The minimum Gasteiger partial charge on any atom is -0.354 e. The zero-order chi connectivity index (χ0) is 17.7. The molecule has 2 aromatic rings. The van der Waals surface area contributed by atoms with Crippen LogP contribution in [0, 0.1) is 0 Å². The summed E-state index contributed by atoms with van der Waals surface area (Å²) in [5.41, 5.74) is 0.756. The van der Waals surface area contributed by atoms with Gasteiger partial charge in [0.25, 0.3) is 11.8 Å².